The molecule has 0 saturated heterocycles. The summed E-state index contributed by atoms with van der Waals surface area (Å²) >= 11 is 5.02. The molecule has 2 aromatic rings. The third kappa shape index (κ3) is 4.30. The molecule has 0 atom stereocenters. The van der Waals surface area contributed by atoms with Crippen molar-refractivity contribution in [2.75, 3.05) is 6.54 Å². The zero-order chi connectivity index (χ0) is 14.4. The molecule has 0 spiro atoms. The fourth-order valence-electron chi connectivity index (χ4n) is 1.75. The highest BCUT2D eigenvalue weighted by Crippen LogP contribution is 2.25. The first-order chi connectivity index (χ1) is 9.70. The van der Waals surface area contributed by atoms with Crippen molar-refractivity contribution in [2.24, 2.45) is 0 Å². The van der Waals surface area contributed by atoms with Crippen LogP contribution in [0.15, 0.2) is 34.1 Å². The summed E-state index contributed by atoms with van der Waals surface area (Å²) in [6.07, 6.45) is 1.07. The van der Waals surface area contributed by atoms with E-state index in [2.05, 4.69) is 28.2 Å². The van der Waals surface area contributed by atoms with E-state index in [-0.39, 0.29) is 5.82 Å². The summed E-state index contributed by atoms with van der Waals surface area (Å²) in [7, 11) is 0. The molecule has 0 bridgehead atoms. The highest BCUT2D eigenvalue weighted by molar-refractivity contribution is 9.10. The molecule has 1 aromatic carbocycles. The summed E-state index contributed by atoms with van der Waals surface area (Å²) in [4.78, 5) is 1.05. The van der Waals surface area contributed by atoms with Crippen LogP contribution in [0, 0.1) is 5.82 Å². The second-order valence-electron chi connectivity index (χ2n) is 4.42. The van der Waals surface area contributed by atoms with Gasteiger partial charge in [0.05, 0.1) is 4.88 Å². The van der Waals surface area contributed by atoms with E-state index in [0.717, 1.165) is 27.9 Å². The van der Waals surface area contributed by atoms with Crippen molar-refractivity contribution < 1.29 is 9.13 Å². The number of thiophene rings is 1. The van der Waals surface area contributed by atoms with Crippen LogP contribution in [-0.2, 0) is 13.2 Å². The van der Waals surface area contributed by atoms with E-state index in [9.17, 15) is 4.39 Å². The Labute approximate surface area is 131 Å². The average Bonchev–Trinajstić information content (AvgIpc) is 2.84. The lowest BCUT2D eigenvalue weighted by molar-refractivity contribution is 0.292. The summed E-state index contributed by atoms with van der Waals surface area (Å²) < 4.78 is 20.5. The van der Waals surface area contributed by atoms with Crippen LogP contribution in [-0.4, -0.2) is 6.54 Å². The van der Waals surface area contributed by atoms with Crippen LogP contribution in [0.3, 0.4) is 0 Å². The van der Waals surface area contributed by atoms with Crippen LogP contribution in [0.4, 0.5) is 4.39 Å². The van der Waals surface area contributed by atoms with Crippen molar-refractivity contribution in [1.82, 2.24) is 5.32 Å². The van der Waals surface area contributed by atoms with Crippen LogP contribution in [0.1, 0.15) is 23.8 Å². The molecule has 0 saturated carbocycles. The second-order valence-corrected chi connectivity index (χ2v) is 6.28. The molecule has 0 amide bonds. The molecule has 2 nitrogen and oxygen atoms in total. The van der Waals surface area contributed by atoms with Crippen molar-refractivity contribution in [3.05, 3.63) is 50.4 Å². The molecular weight excluding hydrogens is 341 g/mol. The van der Waals surface area contributed by atoms with E-state index < -0.39 is 0 Å². The molecule has 20 heavy (non-hydrogen) atoms. The van der Waals surface area contributed by atoms with Crippen molar-refractivity contribution in [2.45, 2.75) is 26.5 Å². The predicted octanol–water partition coefficient (Wildman–Crippen LogP) is 4.73. The van der Waals surface area contributed by atoms with Crippen molar-refractivity contribution in [3.63, 3.8) is 0 Å². The number of halogens is 2. The van der Waals surface area contributed by atoms with Gasteiger partial charge in [-0.15, -0.1) is 11.3 Å². The molecule has 108 valence electrons. The number of ether oxygens (including phenoxy) is 1. The van der Waals surface area contributed by atoms with E-state index >= 15 is 0 Å². The zero-order valence-corrected chi connectivity index (χ0v) is 13.7. The minimum absolute atomic E-state index is 0.296. The van der Waals surface area contributed by atoms with Crippen molar-refractivity contribution in [1.29, 1.82) is 0 Å². The molecule has 0 radical (unpaired) electrons. The third-order valence-electron chi connectivity index (χ3n) is 2.80. The van der Waals surface area contributed by atoms with Crippen LogP contribution in [0.5, 0.6) is 5.75 Å². The first kappa shape index (κ1) is 15.5. The minimum atomic E-state index is -0.312. The van der Waals surface area contributed by atoms with E-state index in [0.29, 0.717) is 18.9 Å². The Kier molecular flexibility index (Phi) is 6.01. The summed E-state index contributed by atoms with van der Waals surface area (Å²) in [6, 6.07) is 7.08. The van der Waals surface area contributed by atoms with Crippen LogP contribution in [0.25, 0.3) is 0 Å². The number of hydrogen-bond donors (Lipinski definition) is 1. The largest absolute Gasteiger partial charge is 0.485 e. The van der Waals surface area contributed by atoms with Gasteiger partial charge in [-0.1, -0.05) is 13.0 Å². The Bertz CT molecular complexity index is 559. The molecule has 2 rings (SSSR count). The van der Waals surface area contributed by atoms with Gasteiger partial charge in [-0.3, -0.25) is 0 Å². The Morgan fingerprint density at radius 1 is 1.35 bits per heavy atom. The highest BCUT2D eigenvalue weighted by atomic mass is 79.9. The van der Waals surface area contributed by atoms with E-state index in [4.69, 9.17) is 4.74 Å². The average molecular weight is 358 g/mol. The standard InChI is InChI=1S/C15H17BrFNOS/c1-2-6-18-9-11-3-4-14(13(17)8-11)19-10-15-12(16)5-7-20-15/h3-5,7-8,18H,2,6,9-10H2,1H3. The highest BCUT2D eigenvalue weighted by Gasteiger charge is 2.07. The van der Waals surface area contributed by atoms with Gasteiger partial charge in [0, 0.05) is 11.0 Å². The van der Waals surface area contributed by atoms with E-state index in [1.165, 1.54) is 6.07 Å². The van der Waals surface area contributed by atoms with Gasteiger partial charge in [-0.25, -0.2) is 4.39 Å². The van der Waals surface area contributed by atoms with Gasteiger partial charge in [0.1, 0.15) is 6.61 Å². The Balaban J connectivity index is 1.94. The zero-order valence-electron chi connectivity index (χ0n) is 11.3. The monoisotopic (exact) mass is 357 g/mol. The maximum Gasteiger partial charge on any atom is 0.165 e. The lowest BCUT2D eigenvalue weighted by Crippen LogP contribution is -2.13. The predicted molar refractivity (Wildman–Crippen MR) is 84.7 cm³/mol. The molecule has 0 aliphatic carbocycles. The fourth-order valence-corrected chi connectivity index (χ4v) is 3.13. The van der Waals surface area contributed by atoms with Gasteiger partial charge in [0.2, 0.25) is 0 Å². The lowest BCUT2D eigenvalue weighted by Gasteiger charge is -2.09. The van der Waals surface area contributed by atoms with Gasteiger partial charge in [0.25, 0.3) is 0 Å². The minimum Gasteiger partial charge on any atom is -0.485 e. The molecular formula is C15H17BrFNOS. The molecule has 0 aliphatic rings. The fraction of sp³-hybridized carbons (Fsp3) is 0.333. The van der Waals surface area contributed by atoms with Gasteiger partial charge >= 0.3 is 0 Å². The van der Waals surface area contributed by atoms with Crippen molar-refractivity contribution >= 4 is 27.3 Å². The van der Waals surface area contributed by atoms with Gasteiger partial charge in [0.15, 0.2) is 11.6 Å². The second kappa shape index (κ2) is 7.76. The molecule has 1 heterocycles. The van der Waals surface area contributed by atoms with Crippen LogP contribution in [0.2, 0.25) is 0 Å². The van der Waals surface area contributed by atoms with E-state index in [1.54, 1.807) is 17.4 Å². The quantitative estimate of drug-likeness (QED) is 0.723. The molecule has 0 unspecified atom stereocenters. The third-order valence-corrected chi connectivity index (χ3v) is 4.70. The topological polar surface area (TPSA) is 21.3 Å². The first-order valence-electron chi connectivity index (χ1n) is 6.54. The molecule has 0 fully saturated rings. The Morgan fingerprint density at radius 3 is 2.85 bits per heavy atom. The number of hydrogen-bond acceptors (Lipinski definition) is 3. The molecule has 1 aromatic heterocycles. The first-order valence-corrected chi connectivity index (χ1v) is 8.21. The maximum absolute atomic E-state index is 13.9. The number of nitrogens with one attached hydrogen (secondary N) is 1. The van der Waals surface area contributed by atoms with Gasteiger partial charge in [-0.2, -0.15) is 0 Å². The van der Waals surface area contributed by atoms with Crippen LogP contribution < -0.4 is 10.1 Å². The van der Waals surface area contributed by atoms with E-state index in [1.807, 2.05) is 17.5 Å². The lowest BCUT2D eigenvalue weighted by atomic mass is 10.2. The van der Waals surface area contributed by atoms with Gasteiger partial charge < -0.3 is 10.1 Å². The SMILES string of the molecule is CCCNCc1ccc(OCc2sccc2Br)c(F)c1. The molecule has 1 N–H and O–H groups in total. The Hall–Kier alpha value is -0.910. The normalized spacial score (nSPS) is 10.8. The maximum atomic E-state index is 13.9. The van der Waals surface area contributed by atoms with Crippen LogP contribution >= 0.6 is 27.3 Å². The Morgan fingerprint density at radius 2 is 2.20 bits per heavy atom. The molecule has 0 aliphatic heterocycles. The number of rotatable bonds is 7. The summed E-state index contributed by atoms with van der Waals surface area (Å²) in [6.45, 7) is 4.10. The smallest absolute Gasteiger partial charge is 0.165 e. The summed E-state index contributed by atoms with van der Waals surface area (Å²) in [5.74, 6) is -0.0157. The van der Waals surface area contributed by atoms with Crippen molar-refractivity contribution in [3.8, 4) is 5.75 Å². The summed E-state index contributed by atoms with van der Waals surface area (Å²) in [5.41, 5.74) is 0.931. The number of benzene rings is 1. The molecule has 5 heteroatoms. The van der Waals surface area contributed by atoms with Gasteiger partial charge in [-0.05, 0) is 58.0 Å². The summed E-state index contributed by atoms with van der Waals surface area (Å²) in [5, 5.41) is 5.22.